The van der Waals surface area contributed by atoms with E-state index in [1.165, 1.54) is 0 Å². The number of rotatable bonds is 4. The van der Waals surface area contributed by atoms with E-state index in [2.05, 4.69) is 0 Å². The van der Waals surface area contributed by atoms with Crippen LogP contribution in [0.3, 0.4) is 0 Å². The number of para-hydroxylation sites is 1. The van der Waals surface area contributed by atoms with Gasteiger partial charge in [-0.25, -0.2) is 0 Å². The van der Waals surface area contributed by atoms with E-state index in [9.17, 15) is 4.79 Å². The zero-order valence-electron chi connectivity index (χ0n) is 10.0. The minimum atomic E-state index is -0.194. The minimum Gasteiger partial charge on any atom is -0.427 e. The molecule has 3 heteroatoms. The van der Waals surface area contributed by atoms with Gasteiger partial charge < -0.3 is 4.74 Å². The van der Waals surface area contributed by atoms with Crippen LogP contribution in [-0.2, 0) is 11.2 Å². The Bertz CT molecular complexity index is 468. The smallest absolute Gasteiger partial charge is 0.311 e. The minimum absolute atomic E-state index is 0. The van der Waals surface area contributed by atoms with Crippen LogP contribution in [0.1, 0.15) is 12.0 Å². The molecule has 0 aromatic heterocycles. The highest BCUT2D eigenvalue weighted by Gasteiger charge is 2.04. The molecule has 0 saturated heterocycles. The highest BCUT2D eigenvalue weighted by Crippen LogP contribution is 2.10. The van der Waals surface area contributed by atoms with Crippen molar-refractivity contribution in [3.8, 4) is 5.75 Å². The summed E-state index contributed by atoms with van der Waals surface area (Å²) in [5.74, 6) is 0.408. The number of carbonyl (C=O) groups excluding carboxylic acids is 1. The Kier molecular flexibility index (Phi) is 6.01. The second-order valence-electron chi connectivity index (χ2n) is 3.77. The number of esters is 1. The molecule has 0 spiro atoms. The molecule has 94 valence electrons. The molecular weight excluding hydrogens is 244 g/mol. The third-order valence-corrected chi connectivity index (χ3v) is 2.44. The Hall–Kier alpha value is -1.74. The van der Waals surface area contributed by atoms with Gasteiger partial charge in [-0.3, -0.25) is 4.79 Å². The monoisotopic (exact) mass is 260 g/mol. The SMILES string of the molecule is O=C(CCc1ccccc1)Oc1ccccc1.S. The van der Waals surface area contributed by atoms with Crippen molar-refractivity contribution in [2.24, 2.45) is 0 Å². The number of carbonyl (C=O) groups is 1. The van der Waals surface area contributed by atoms with E-state index in [1.807, 2.05) is 48.5 Å². The van der Waals surface area contributed by atoms with Crippen molar-refractivity contribution in [2.45, 2.75) is 12.8 Å². The molecule has 0 saturated carbocycles. The van der Waals surface area contributed by atoms with Crippen LogP contribution >= 0.6 is 13.5 Å². The summed E-state index contributed by atoms with van der Waals surface area (Å²) in [6.07, 6.45) is 1.12. The Morgan fingerprint density at radius 2 is 1.44 bits per heavy atom. The molecule has 0 heterocycles. The van der Waals surface area contributed by atoms with Crippen LogP contribution in [-0.4, -0.2) is 5.97 Å². The summed E-state index contributed by atoms with van der Waals surface area (Å²) in [5.41, 5.74) is 1.15. The molecule has 0 N–H and O–H groups in total. The molecule has 2 rings (SSSR count). The fourth-order valence-corrected chi connectivity index (χ4v) is 1.56. The lowest BCUT2D eigenvalue weighted by Gasteiger charge is -2.03. The fourth-order valence-electron chi connectivity index (χ4n) is 1.56. The molecule has 2 aromatic carbocycles. The van der Waals surface area contributed by atoms with Gasteiger partial charge in [0.25, 0.3) is 0 Å². The first-order valence-electron chi connectivity index (χ1n) is 5.64. The molecule has 0 bridgehead atoms. The predicted octanol–water partition coefficient (Wildman–Crippen LogP) is 3.34. The van der Waals surface area contributed by atoms with E-state index in [4.69, 9.17) is 4.74 Å². The fraction of sp³-hybridized carbons (Fsp3) is 0.133. The lowest BCUT2D eigenvalue weighted by atomic mass is 10.1. The van der Waals surface area contributed by atoms with Crippen molar-refractivity contribution in [3.63, 3.8) is 0 Å². The van der Waals surface area contributed by atoms with Crippen molar-refractivity contribution in [3.05, 3.63) is 66.2 Å². The maximum absolute atomic E-state index is 11.6. The molecule has 0 fully saturated rings. The molecule has 0 atom stereocenters. The van der Waals surface area contributed by atoms with E-state index in [1.54, 1.807) is 12.1 Å². The van der Waals surface area contributed by atoms with Gasteiger partial charge >= 0.3 is 5.97 Å². The number of hydrogen-bond acceptors (Lipinski definition) is 2. The first-order chi connectivity index (χ1) is 8.34. The van der Waals surface area contributed by atoms with E-state index < -0.39 is 0 Å². The van der Waals surface area contributed by atoms with Gasteiger partial charge in [0.15, 0.2) is 0 Å². The van der Waals surface area contributed by atoms with Crippen LogP contribution in [0.5, 0.6) is 5.75 Å². The maximum atomic E-state index is 11.6. The molecular formula is C15H16O2S. The molecule has 2 nitrogen and oxygen atoms in total. The van der Waals surface area contributed by atoms with Crippen molar-refractivity contribution in [1.82, 2.24) is 0 Å². The molecule has 0 radical (unpaired) electrons. The van der Waals surface area contributed by atoms with Gasteiger partial charge in [0, 0.05) is 6.42 Å². The third-order valence-electron chi connectivity index (χ3n) is 2.44. The Morgan fingerprint density at radius 1 is 0.889 bits per heavy atom. The van der Waals surface area contributed by atoms with Crippen molar-refractivity contribution in [1.29, 1.82) is 0 Å². The van der Waals surface area contributed by atoms with E-state index in [-0.39, 0.29) is 19.5 Å². The molecule has 2 aromatic rings. The zero-order valence-corrected chi connectivity index (χ0v) is 11.0. The zero-order chi connectivity index (χ0) is 11.9. The average molecular weight is 260 g/mol. The molecule has 0 amide bonds. The molecule has 18 heavy (non-hydrogen) atoms. The second kappa shape index (κ2) is 7.56. The lowest BCUT2D eigenvalue weighted by molar-refractivity contribution is -0.134. The topological polar surface area (TPSA) is 26.3 Å². The summed E-state index contributed by atoms with van der Waals surface area (Å²) in [5, 5.41) is 0. The first kappa shape index (κ1) is 14.3. The summed E-state index contributed by atoms with van der Waals surface area (Å²) >= 11 is 0. The summed E-state index contributed by atoms with van der Waals surface area (Å²) in [6, 6.07) is 19.1. The van der Waals surface area contributed by atoms with Gasteiger partial charge in [-0.15, -0.1) is 0 Å². The number of benzene rings is 2. The van der Waals surface area contributed by atoms with Gasteiger partial charge in [0.1, 0.15) is 5.75 Å². The highest BCUT2D eigenvalue weighted by atomic mass is 32.1. The van der Waals surface area contributed by atoms with Crippen LogP contribution in [0, 0.1) is 0 Å². The van der Waals surface area contributed by atoms with Gasteiger partial charge in [0.05, 0.1) is 0 Å². The standard InChI is InChI=1S/C15H14O2.H2S/c16-15(17-14-9-5-2-6-10-14)12-11-13-7-3-1-4-8-13;/h1-10H,11-12H2;1H2. The Balaban J connectivity index is 0.00000162. The highest BCUT2D eigenvalue weighted by molar-refractivity contribution is 7.59. The van der Waals surface area contributed by atoms with Gasteiger partial charge in [-0.2, -0.15) is 13.5 Å². The Morgan fingerprint density at radius 3 is 2.06 bits per heavy atom. The van der Waals surface area contributed by atoms with E-state index in [0.29, 0.717) is 18.6 Å². The van der Waals surface area contributed by atoms with Gasteiger partial charge in [-0.05, 0) is 24.1 Å². The normalized spacial score (nSPS) is 9.33. The van der Waals surface area contributed by atoms with Crippen molar-refractivity contribution >= 4 is 19.5 Å². The van der Waals surface area contributed by atoms with E-state index >= 15 is 0 Å². The average Bonchev–Trinajstić information content (AvgIpc) is 2.39. The maximum Gasteiger partial charge on any atom is 0.311 e. The summed E-state index contributed by atoms with van der Waals surface area (Å²) in [7, 11) is 0. The molecule has 0 aliphatic heterocycles. The quantitative estimate of drug-likeness (QED) is 0.622. The number of hydrogen-bond donors (Lipinski definition) is 0. The molecule has 0 aliphatic rings. The predicted molar refractivity (Wildman–Crippen MR) is 77.2 cm³/mol. The van der Waals surface area contributed by atoms with Crippen LogP contribution in [0.4, 0.5) is 0 Å². The van der Waals surface area contributed by atoms with Crippen LogP contribution < -0.4 is 4.74 Å². The number of aryl methyl sites for hydroxylation is 1. The van der Waals surface area contributed by atoms with Crippen molar-refractivity contribution in [2.75, 3.05) is 0 Å². The third kappa shape index (κ3) is 4.63. The largest absolute Gasteiger partial charge is 0.427 e. The number of ether oxygens (including phenoxy) is 1. The van der Waals surface area contributed by atoms with Crippen molar-refractivity contribution < 1.29 is 9.53 Å². The van der Waals surface area contributed by atoms with Gasteiger partial charge in [-0.1, -0.05) is 48.5 Å². The second-order valence-corrected chi connectivity index (χ2v) is 3.77. The Labute approximate surface area is 114 Å². The van der Waals surface area contributed by atoms with Crippen LogP contribution in [0.25, 0.3) is 0 Å². The summed E-state index contributed by atoms with van der Waals surface area (Å²) < 4.78 is 5.20. The van der Waals surface area contributed by atoms with Crippen LogP contribution in [0.15, 0.2) is 60.7 Å². The van der Waals surface area contributed by atoms with Gasteiger partial charge in [0.2, 0.25) is 0 Å². The van der Waals surface area contributed by atoms with Crippen LogP contribution in [0.2, 0.25) is 0 Å². The lowest BCUT2D eigenvalue weighted by Crippen LogP contribution is -2.08. The first-order valence-corrected chi connectivity index (χ1v) is 5.64. The van der Waals surface area contributed by atoms with E-state index in [0.717, 1.165) is 5.56 Å². The molecule has 0 aliphatic carbocycles. The molecule has 0 unspecified atom stereocenters. The summed E-state index contributed by atoms with van der Waals surface area (Å²) in [6.45, 7) is 0. The summed E-state index contributed by atoms with van der Waals surface area (Å²) in [4.78, 5) is 11.6.